The fourth-order valence-electron chi connectivity index (χ4n) is 3.85. The van der Waals surface area contributed by atoms with Gasteiger partial charge in [0.1, 0.15) is 5.75 Å². The van der Waals surface area contributed by atoms with Crippen molar-refractivity contribution in [3.63, 3.8) is 0 Å². The highest BCUT2D eigenvalue weighted by atomic mass is 19.2. The number of rotatable bonds is 9. The first-order valence-corrected chi connectivity index (χ1v) is 12.0. The summed E-state index contributed by atoms with van der Waals surface area (Å²) in [4.78, 5) is 12.4. The van der Waals surface area contributed by atoms with Gasteiger partial charge in [-0.3, -0.25) is 0 Å². The Balaban J connectivity index is 1.50. The molecule has 0 saturated heterocycles. The molecule has 0 fully saturated rings. The summed E-state index contributed by atoms with van der Waals surface area (Å²) in [6, 6.07) is 17.0. The molecule has 4 aromatic carbocycles. The van der Waals surface area contributed by atoms with Crippen LogP contribution in [-0.4, -0.2) is 17.7 Å². The molecule has 0 saturated carbocycles. The number of esters is 1. The Kier molecular flexibility index (Phi) is 8.46. The molecule has 0 amide bonds. The quantitative estimate of drug-likeness (QED) is 0.0780. The van der Waals surface area contributed by atoms with E-state index in [-0.39, 0.29) is 29.2 Å². The van der Waals surface area contributed by atoms with Crippen molar-refractivity contribution in [3.8, 4) is 33.8 Å². The molecule has 4 rings (SSSR count). The average molecular weight is 537 g/mol. The van der Waals surface area contributed by atoms with Crippen LogP contribution in [0.25, 0.3) is 22.3 Å². The molecule has 8 heteroatoms. The maximum Gasteiger partial charge on any atom is 0.346 e. The molecule has 0 heterocycles. The lowest BCUT2D eigenvalue weighted by atomic mass is 9.97. The zero-order valence-electron chi connectivity index (χ0n) is 20.9. The van der Waals surface area contributed by atoms with Crippen molar-refractivity contribution < 1.29 is 36.9 Å². The SMILES string of the molecule is C=CCCOc1ccc(C(=O)Oc2ccc(-c3ccc(-c4ccc(C(C)O)cc4)c(F)c3F)cc2)c(F)c1F. The lowest BCUT2D eigenvalue weighted by molar-refractivity contribution is 0.0728. The molecular weight excluding hydrogens is 512 g/mol. The van der Waals surface area contributed by atoms with Crippen LogP contribution in [-0.2, 0) is 0 Å². The number of ether oxygens (including phenoxy) is 2. The molecule has 1 atom stereocenters. The first-order chi connectivity index (χ1) is 18.7. The summed E-state index contributed by atoms with van der Waals surface area (Å²) in [6.45, 7) is 5.21. The normalized spacial score (nSPS) is 11.6. The monoisotopic (exact) mass is 536 g/mol. The Hall–Kier alpha value is -4.43. The third kappa shape index (κ3) is 6.02. The summed E-state index contributed by atoms with van der Waals surface area (Å²) < 4.78 is 68.9. The molecule has 0 radical (unpaired) electrons. The first-order valence-electron chi connectivity index (χ1n) is 12.0. The summed E-state index contributed by atoms with van der Waals surface area (Å²) in [5, 5.41) is 9.64. The average Bonchev–Trinajstić information content (AvgIpc) is 2.93. The van der Waals surface area contributed by atoms with Crippen molar-refractivity contribution in [2.45, 2.75) is 19.4 Å². The largest absolute Gasteiger partial charge is 0.490 e. The molecule has 0 aliphatic rings. The van der Waals surface area contributed by atoms with E-state index in [1.54, 1.807) is 37.3 Å². The van der Waals surface area contributed by atoms with E-state index in [1.807, 2.05) is 0 Å². The van der Waals surface area contributed by atoms with Crippen LogP contribution >= 0.6 is 0 Å². The third-order valence-electron chi connectivity index (χ3n) is 6.01. The molecule has 1 N–H and O–H groups in total. The Bertz CT molecular complexity index is 1500. The third-order valence-corrected chi connectivity index (χ3v) is 6.01. The highest BCUT2D eigenvalue weighted by Gasteiger charge is 2.22. The van der Waals surface area contributed by atoms with Crippen molar-refractivity contribution in [2.75, 3.05) is 6.61 Å². The number of carbonyl (C=O) groups is 1. The predicted octanol–water partition coefficient (Wildman–Crippen LogP) is 7.80. The minimum absolute atomic E-state index is 0.00873. The van der Waals surface area contributed by atoms with E-state index < -0.39 is 40.9 Å². The number of aliphatic hydroxyl groups is 1. The van der Waals surface area contributed by atoms with Gasteiger partial charge < -0.3 is 14.6 Å². The number of hydrogen-bond donors (Lipinski definition) is 1. The Morgan fingerprint density at radius 1 is 0.821 bits per heavy atom. The van der Waals surface area contributed by atoms with Gasteiger partial charge in [-0.05, 0) is 54.3 Å². The maximum atomic E-state index is 15.0. The van der Waals surface area contributed by atoms with E-state index in [2.05, 4.69) is 6.58 Å². The van der Waals surface area contributed by atoms with Gasteiger partial charge in [-0.25, -0.2) is 18.0 Å². The number of halogens is 4. The van der Waals surface area contributed by atoms with E-state index in [1.165, 1.54) is 36.4 Å². The van der Waals surface area contributed by atoms with Crippen molar-refractivity contribution in [1.82, 2.24) is 0 Å². The van der Waals surface area contributed by atoms with Gasteiger partial charge in [-0.1, -0.05) is 54.6 Å². The number of carbonyl (C=O) groups excluding carboxylic acids is 1. The highest BCUT2D eigenvalue weighted by Crippen LogP contribution is 2.33. The summed E-state index contributed by atoms with van der Waals surface area (Å²) >= 11 is 0. The van der Waals surface area contributed by atoms with Gasteiger partial charge in [0, 0.05) is 11.1 Å². The van der Waals surface area contributed by atoms with Crippen molar-refractivity contribution in [3.05, 3.63) is 120 Å². The van der Waals surface area contributed by atoms with Gasteiger partial charge in [0.05, 0.1) is 18.3 Å². The van der Waals surface area contributed by atoms with Crippen LogP contribution in [0, 0.1) is 23.3 Å². The Labute approximate surface area is 222 Å². The topological polar surface area (TPSA) is 55.8 Å². The number of aliphatic hydroxyl groups excluding tert-OH is 1. The summed E-state index contributed by atoms with van der Waals surface area (Å²) in [5.74, 6) is -6.32. The first kappa shape index (κ1) is 27.6. The fraction of sp³-hybridized carbons (Fsp3) is 0.129. The van der Waals surface area contributed by atoms with Gasteiger partial charge in [0.2, 0.25) is 5.82 Å². The van der Waals surface area contributed by atoms with Crippen LogP contribution in [0.3, 0.4) is 0 Å². The van der Waals surface area contributed by atoms with Gasteiger partial charge in [-0.2, -0.15) is 4.39 Å². The van der Waals surface area contributed by atoms with Crippen molar-refractivity contribution in [2.24, 2.45) is 0 Å². The molecular formula is C31H24F4O4. The second kappa shape index (κ2) is 12.0. The molecule has 0 spiro atoms. The zero-order valence-corrected chi connectivity index (χ0v) is 20.9. The fourth-order valence-corrected chi connectivity index (χ4v) is 3.85. The van der Waals surface area contributed by atoms with Crippen LogP contribution in [0.1, 0.15) is 35.4 Å². The van der Waals surface area contributed by atoms with Crippen LogP contribution < -0.4 is 9.47 Å². The highest BCUT2D eigenvalue weighted by molar-refractivity contribution is 5.91. The van der Waals surface area contributed by atoms with Gasteiger partial charge >= 0.3 is 5.97 Å². The molecule has 4 nitrogen and oxygen atoms in total. The molecule has 39 heavy (non-hydrogen) atoms. The van der Waals surface area contributed by atoms with Crippen molar-refractivity contribution in [1.29, 1.82) is 0 Å². The standard InChI is InChI=1S/C31H24F4O4/c1-3-4-17-38-26-16-15-25(29(34)30(26)35)31(37)39-22-11-9-21(10-12-22)24-14-13-23(27(32)28(24)33)20-7-5-19(6-8-20)18(2)36/h3,5-16,18,36H,1,4,17H2,2H3. The molecule has 0 aliphatic heterocycles. The van der Waals surface area contributed by atoms with Crippen molar-refractivity contribution >= 4 is 5.97 Å². The summed E-state index contributed by atoms with van der Waals surface area (Å²) in [6.07, 6.45) is 1.31. The van der Waals surface area contributed by atoms with E-state index in [4.69, 9.17) is 9.47 Å². The smallest absolute Gasteiger partial charge is 0.346 e. The van der Waals surface area contributed by atoms with E-state index in [9.17, 15) is 27.5 Å². The molecule has 4 aromatic rings. The minimum Gasteiger partial charge on any atom is -0.490 e. The minimum atomic E-state index is -1.41. The Morgan fingerprint density at radius 2 is 1.38 bits per heavy atom. The Morgan fingerprint density at radius 3 is 1.92 bits per heavy atom. The molecule has 0 aromatic heterocycles. The lowest BCUT2D eigenvalue weighted by Gasteiger charge is -2.12. The van der Waals surface area contributed by atoms with E-state index in [0.717, 1.165) is 12.1 Å². The summed E-state index contributed by atoms with van der Waals surface area (Å²) in [7, 11) is 0. The van der Waals surface area contributed by atoms with Crippen LogP contribution in [0.15, 0.2) is 85.5 Å². The predicted molar refractivity (Wildman–Crippen MR) is 139 cm³/mol. The molecule has 1 unspecified atom stereocenters. The van der Waals surface area contributed by atoms with Crippen LogP contribution in [0.5, 0.6) is 11.5 Å². The zero-order chi connectivity index (χ0) is 28.1. The van der Waals surface area contributed by atoms with Gasteiger partial charge in [-0.15, -0.1) is 6.58 Å². The summed E-state index contributed by atoms with van der Waals surface area (Å²) in [5.41, 5.74) is 0.818. The number of benzene rings is 4. The van der Waals surface area contributed by atoms with Gasteiger partial charge in [0.25, 0.3) is 0 Å². The number of hydrogen-bond acceptors (Lipinski definition) is 4. The van der Waals surface area contributed by atoms with Gasteiger partial charge in [0.15, 0.2) is 23.2 Å². The van der Waals surface area contributed by atoms with Crippen LogP contribution in [0.2, 0.25) is 0 Å². The van der Waals surface area contributed by atoms with E-state index in [0.29, 0.717) is 23.1 Å². The second-order valence-electron chi connectivity index (χ2n) is 8.67. The molecule has 0 aliphatic carbocycles. The maximum absolute atomic E-state index is 15.0. The molecule has 0 bridgehead atoms. The lowest BCUT2D eigenvalue weighted by Crippen LogP contribution is -2.12. The van der Waals surface area contributed by atoms with Crippen LogP contribution in [0.4, 0.5) is 17.6 Å². The van der Waals surface area contributed by atoms with E-state index >= 15 is 0 Å². The molecule has 200 valence electrons. The second-order valence-corrected chi connectivity index (χ2v) is 8.67.